The molecule has 0 fully saturated rings. The minimum atomic E-state index is 0.690. The van der Waals surface area contributed by atoms with Crippen molar-refractivity contribution in [1.82, 2.24) is 29.7 Å². The topological polar surface area (TPSA) is 84.3 Å². The van der Waals surface area contributed by atoms with E-state index in [1.165, 1.54) is 17.5 Å². The SMILES string of the molecule is c1cc(CNc2ncnc3[nH]ncc23)cc(Cn2ccnc2)c1. The van der Waals surface area contributed by atoms with Crippen molar-refractivity contribution in [1.29, 1.82) is 0 Å². The number of fused-ring (bicyclic) bond motifs is 1. The van der Waals surface area contributed by atoms with Crippen LogP contribution in [0.4, 0.5) is 5.82 Å². The molecular formula is C16H15N7. The van der Waals surface area contributed by atoms with E-state index in [1.807, 2.05) is 17.1 Å². The first kappa shape index (κ1) is 13.4. The molecule has 4 rings (SSSR count). The third kappa shape index (κ3) is 2.89. The van der Waals surface area contributed by atoms with Crippen LogP contribution in [0.2, 0.25) is 0 Å². The number of hydrogen-bond acceptors (Lipinski definition) is 5. The molecule has 0 saturated heterocycles. The zero-order valence-corrected chi connectivity index (χ0v) is 12.3. The van der Waals surface area contributed by atoms with Gasteiger partial charge in [0.2, 0.25) is 0 Å². The van der Waals surface area contributed by atoms with Crippen molar-refractivity contribution in [2.75, 3.05) is 5.32 Å². The van der Waals surface area contributed by atoms with Crippen molar-refractivity contribution in [3.05, 3.63) is 66.6 Å². The van der Waals surface area contributed by atoms with Crippen molar-refractivity contribution in [2.45, 2.75) is 13.1 Å². The highest BCUT2D eigenvalue weighted by Gasteiger charge is 2.05. The number of benzene rings is 1. The Labute approximate surface area is 132 Å². The van der Waals surface area contributed by atoms with Crippen molar-refractivity contribution in [2.24, 2.45) is 0 Å². The van der Waals surface area contributed by atoms with Crippen LogP contribution in [0.25, 0.3) is 11.0 Å². The van der Waals surface area contributed by atoms with Crippen LogP contribution in [0.5, 0.6) is 0 Å². The molecule has 114 valence electrons. The Morgan fingerprint density at radius 2 is 2.13 bits per heavy atom. The average Bonchev–Trinajstić information content (AvgIpc) is 3.24. The lowest BCUT2D eigenvalue weighted by Gasteiger charge is -2.08. The van der Waals surface area contributed by atoms with E-state index in [1.54, 1.807) is 12.4 Å². The third-order valence-corrected chi connectivity index (χ3v) is 3.62. The fraction of sp³-hybridized carbons (Fsp3) is 0.125. The molecule has 3 aromatic heterocycles. The Bertz CT molecular complexity index is 911. The lowest BCUT2D eigenvalue weighted by molar-refractivity contribution is 0.796. The average molecular weight is 305 g/mol. The maximum atomic E-state index is 4.28. The van der Waals surface area contributed by atoms with Gasteiger partial charge in [-0.3, -0.25) is 5.10 Å². The summed E-state index contributed by atoms with van der Waals surface area (Å²) < 4.78 is 2.05. The molecule has 0 atom stereocenters. The van der Waals surface area contributed by atoms with Crippen LogP contribution < -0.4 is 5.32 Å². The zero-order valence-electron chi connectivity index (χ0n) is 12.3. The first-order chi connectivity index (χ1) is 11.4. The number of hydrogen-bond donors (Lipinski definition) is 2. The number of nitrogens with zero attached hydrogens (tertiary/aromatic N) is 5. The van der Waals surface area contributed by atoms with Crippen LogP contribution in [0.15, 0.2) is 55.5 Å². The Morgan fingerprint density at radius 1 is 1.17 bits per heavy atom. The normalized spacial score (nSPS) is 11.0. The highest BCUT2D eigenvalue weighted by molar-refractivity contribution is 5.85. The standard InChI is InChI=1S/C16H15N7/c1-2-12(6-13(3-1)9-23-5-4-17-11-23)7-18-15-14-8-21-22-16(14)20-10-19-15/h1-6,8,10-11H,7,9H2,(H2,18,19,20,21,22). The van der Waals surface area contributed by atoms with E-state index in [0.29, 0.717) is 6.54 Å². The van der Waals surface area contributed by atoms with Crippen molar-refractivity contribution in [3.8, 4) is 0 Å². The fourth-order valence-corrected chi connectivity index (χ4v) is 2.52. The van der Waals surface area contributed by atoms with E-state index in [0.717, 1.165) is 23.4 Å². The van der Waals surface area contributed by atoms with Crippen LogP contribution >= 0.6 is 0 Å². The summed E-state index contributed by atoms with van der Waals surface area (Å²) >= 11 is 0. The van der Waals surface area contributed by atoms with E-state index in [2.05, 4.69) is 54.7 Å². The number of nitrogens with one attached hydrogen (secondary N) is 2. The van der Waals surface area contributed by atoms with Gasteiger partial charge in [-0.05, 0) is 11.1 Å². The van der Waals surface area contributed by atoms with Gasteiger partial charge in [0.1, 0.15) is 12.1 Å². The summed E-state index contributed by atoms with van der Waals surface area (Å²) in [5, 5.41) is 11.1. The number of anilines is 1. The van der Waals surface area contributed by atoms with Crippen LogP contribution in [-0.4, -0.2) is 29.7 Å². The minimum Gasteiger partial charge on any atom is -0.365 e. The largest absolute Gasteiger partial charge is 0.365 e. The maximum absolute atomic E-state index is 4.28. The second-order valence-corrected chi connectivity index (χ2v) is 5.26. The molecule has 0 saturated carbocycles. The molecule has 0 amide bonds. The van der Waals surface area contributed by atoms with Crippen molar-refractivity contribution < 1.29 is 0 Å². The van der Waals surface area contributed by atoms with Gasteiger partial charge in [0.15, 0.2) is 5.65 Å². The van der Waals surface area contributed by atoms with Crippen molar-refractivity contribution >= 4 is 16.9 Å². The van der Waals surface area contributed by atoms with Gasteiger partial charge in [-0.2, -0.15) is 5.10 Å². The smallest absolute Gasteiger partial charge is 0.160 e. The second-order valence-electron chi connectivity index (χ2n) is 5.26. The first-order valence-electron chi connectivity index (χ1n) is 7.30. The van der Waals surface area contributed by atoms with Gasteiger partial charge < -0.3 is 9.88 Å². The van der Waals surface area contributed by atoms with E-state index in [-0.39, 0.29) is 0 Å². The molecular weight excluding hydrogens is 290 g/mol. The quantitative estimate of drug-likeness (QED) is 0.590. The minimum absolute atomic E-state index is 0.690. The van der Waals surface area contributed by atoms with Gasteiger partial charge in [0, 0.05) is 25.5 Å². The maximum Gasteiger partial charge on any atom is 0.160 e. The summed E-state index contributed by atoms with van der Waals surface area (Å²) in [6.07, 6.45) is 8.82. The summed E-state index contributed by atoms with van der Waals surface area (Å²) in [4.78, 5) is 12.5. The summed E-state index contributed by atoms with van der Waals surface area (Å²) in [6.45, 7) is 1.50. The molecule has 0 aliphatic rings. The van der Waals surface area contributed by atoms with Gasteiger partial charge >= 0.3 is 0 Å². The molecule has 0 unspecified atom stereocenters. The molecule has 23 heavy (non-hydrogen) atoms. The molecule has 7 heteroatoms. The summed E-state index contributed by atoms with van der Waals surface area (Å²) in [6, 6.07) is 8.46. The molecule has 2 N–H and O–H groups in total. The fourth-order valence-electron chi connectivity index (χ4n) is 2.52. The monoisotopic (exact) mass is 305 g/mol. The second kappa shape index (κ2) is 5.88. The van der Waals surface area contributed by atoms with Gasteiger partial charge in [-0.25, -0.2) is 15.0 Å². The number of aromatic nitrogens is 6. The predicted molar refractivity (Wildman–Crippen MR) is 86.8 cm³/mol. The molecule has 0 aliphatic carbocycles. The summed E-state index contributed by atoms with van der Waals surface area (Å²) in [7, 11) is 0. The molecule has 0 radical (unpaired) electrons. The molecule has 0 spiro atoms. The zero-order chi connectivity index (χ0) is 15.5. The van der Waals surface area contributed by atoms with Crippen LogP contribution in [0.1, 0.15) is 11.1 Å². The summed E-state index contributed by atoms with van der Waals surface area (Å²) in [5.41, 5.74) is 3.16. The lowest BCUT2D eigenvalue weighted by atomic mass is 10.1. The molecule has 1 aromatic carbocycles. The van der Waals surface area contributed by atoms with Gasteiger partial charge in [-0.1, -0.05) is 24.3 Å². The number of H-pyrrole nitrogens is 1. The van der Waals surface area contributed by atoms with Crippen LogP contribution in [0, 0.1) is 0 Å². The van der Waals surface area contributed by atoms with E-state index < -0.39 is 0 Å². The Kier molecular flexibility index (Phi) is 3.44. The highest BCUT2D eigenvalue weighted by atomic mass is 15.2. The molecule has 0 bridgehead atoms. The van der Waals surface area contributed by atoms with E-state index in [4.69, 9.17) is 0 Å². The van der Waals surface area contributed by atoms with Gasteiger partial charge in [-0.15, -0.1) is 0 Å². The Morgan fingerprint density at radius 3 is 3.04 bits per heavy atom. The third-order valence-electron chi connectivity index (χ3n) is 3.62. The van der Waals surface area contributed by atoms with Crippen LogP contribution in [-0.2, 0) is 13.1 Å². The highest BCUT2D eigenvalue weighted by Crippen LogP contribution is 2.17. The Hall–Kier alpha value is -3.22. The number of imidazole rings is 1. The predicted octanol–water partition coefficient (Wildman–Crippen LogP) is 2.21. The van der Waals surface area contributed by atoms with E-state index in [9.17, 15) is 0 Å². The molecule has 7 nitrogen and oxygen atoms in total. The van der Waals surface area contributed by atoms with Gasteiger partial charge in [0.25, 0.3) is 0 Å². The number of rotatable bonds is 5. The molecule has 0 aliphatic heterocycles. The Balaban J connectivity index is 1.49. The van der Waals surface area contributed by atoms with Gasteiger partial charge in [0.05, 0.1) is 17.9 Å². The molecule has 4 aromatic rings. The first-order valence-corrected chi connectivity index (χ1v) is 7.30. The number of aromatic amines is 1. The lowest BCUT2D eigenvalue weighted by Crippen LogP contribution is -2.03. The van der Waals surface area contributed by atoms with Crippen molar-refractivity contribution in [3.63, 3.8) is 0 Å². The van der Waals surface area contributed by atoms with E-state index >= 15 is 0 Å². The molecule has 3 heterocycles. The van der Waals surface area contributed by atoms with Crippen LogP contribution in [0.3, 0.4) is 0 Å². The summed E-state index contributed by atoms with van der Waals surface area (Å²) in [5.74, 6) is 0.781.